The highest BCUT2D eigenvalue weighted by Crippen LogP contribution is 2.37. The van der Waals surface area contributed by atoms with Crippen molar-refractivity contribution in [2.24, 2.45) is 4.99 Å². The van der Waals surface area contributed by atoms with Crippen molar-refractivity contribution < 1.29 is 23.7 Å². The minimum Gasteiger partial charge on any atom is -0.493 e. The lowest BCUT2D eigenvalue weighted by Gasteiger charge is -2.25. The Morgan fingerprint density at radius 2 is 1.85 bits per heavy atom. The van der Waals surface area contributed by atoms with E-state index in [2.05, 4.69) is 31.9 Å². The molecule has 0 N–H and O–H groups in total. The Morgan fingerprint density at radius 1 is 1.11 bits per heavy atom. The largest absolute Gasteiger partial charge is 0.493 e. The monoisotopic (exact) mass is 788 g/mol. The molecule has 1 aliphatic heterocycles. The number of hydrogen-bond acceptors (Lipinski definition) is 8. The van der Waals surface area contributed by atoms with Gasteiger partial charge in [0.25, 0.3) is 5.56 Å². The standard InChI is InChI=1S/C34H31Br2ClN2O6S/c1-6-43-33(41)29-19(4)38-34-39(30(29)21-9-12-26(45-18(2)3)27(14-21)42-5)32(40)28(46-34)15-22-13-23(35)16-25(36)31(22)44-17-20-7-10-24(37)11-8-20/h7-16,18,30H,6,17H2,1-5H3/b28-15+/t30-/m1/s1. The molecule has 2 heterocycles. The average Bonchev–Trinajstić information content (AvgIpc) is 3.30. The van der Waals surface area contributed by atoms with Crippen LogP contribution in [0, 0.1) is 0 Å². The Kier molecular flexibility index (Phi) is 10.8. The SMILES string of the molecule is CCOC(=O)C1=C(C)N=c2s/c(=C/c3cc(Br)cc(Br)c3OCc3ccc(Cl)cc3)c(=O)n2[C@@H]1c1ccc(OC(C)C)c(OC)c1. The third-order valence-corrected chi connectivity index (χ3v) is 9.29. The van der Waals surface area contributed by atoms with E-state index in [1.54, 1.807) is 39.2 Å². The van der Waals surface area contributed by atoms with E-state index >= 15 is 0 Å². The van der Waals surface area contributed by atoms with E-state index in [1.807, 2.05) is 56.3 Å². The van der Waals surface area contributed by atoms with Crippen molar-refractivity contribution in [3.05, 3.63) is 116 Å². The maximum absolute atomic E-state index is 14.3. The number of esters is 1. The number of benzene rings is 3. The van der Waals surface area contributed by atoms with E-state index in [0.717, 1.165) is 10.0 Å². The average molecular weight is 791 g/mol. The first-order valence-corrected chi connectivity index (χ1v) is 17.2. The van der Waals surface area contributed by atoms with Crippen molar-refractivity contribution in [2.45, 2.75) is 46.4 Å². The van der Waals surface area contributed by atoms with Crippen LogP contribution in [0.4, 0.5) is 0 Å². The number of carbonyl (C=O) groups excluding carboxylic acids is 1. The molecule has 12 heteroatoms. The number of nitrogens with zero attached hydrogens (tertiary/aromatic N) is 2. The summed E-state index contributed by atoms with van der Waals surface area (Å²) in [5, 5.41) is 0.641. The lowest BCUT2D eigenvalue weighted by molar-refractivity contribution is -0.139. The number of rotatable bonds is 10. The van der Waals surface area contributed by atoms with Gasteiger partial charge in [-0.25, -0.2) is 9.79 Å². The van der Waals surface area contributed by atoms with Crippen molar-refractivity contribution in [3.63, 3.8) is 0 Å². The Hall–Kier alpha value is -3.38. The summed E-state index contributed by atoms with van der Waals surface area (Å²) in [5.41, 5.74) is 2.69. The van der Waals surface area contributed by atoms with E-state index < -0.39 is 12.0 Å². The van der Waals surface area contributed by atoms with Crippen LogP contribution in [-0.4, -0.2) is 30.4 Å². The summed E-state index contributed by atoms with van der Waals surface area (Å²) in [7, 11) is 1.55. The Bertz CT molecular complexity index is 2000. The highest BCUT2D eigenvalue weighted by atomic mass is 79.9. The fourth-order valence-corrected chi connectivity index (χ4v) is 7.57. The molecule has 5 rings (SSSR count). The lowest BCUT2D eigenvalue weighted by atomic mass is 9.95. The van der Waals surface area contributed by atoms with Crippen LogP contribution in [0.1, 0.15) is 50.4 Å². The number of halogens is 3. The molecule has 240 valence electrons. The zero-order valence-electron chi connectivity index (χ0n) is 25.7. The van der Waals surface area contributed by atoms with Gasteiger partial charge in [0.05, 0.1) is 46.1 Å². The van der Waals surface area contributed by atoms with Crippen LogP contribution in [-0.2, 0) is 16.1 Å². The first-order valence-electron chi connectivity index (χ1n) is 14.4. The van der Waals surface area contributed by atoms with Crippen LogP contribution in [0.2, 0.25) is 5.02 Å². The minimum atomic E-state index is -0.811. The molecule has 4 aromatic rings. The maximum Gasteiger partial charge on any atom is 0.338 e. The quantitative estimate of drug-likeness (QED) is 0.156. The molecular formula is C34H31Br2ClN2O6S. The lowest BCUT2D eigenvalue weighted by Crippen LogP contribution is -2.40. The third kappa shape index (κ3) is 7.27. The first-order chi connectivity index (χ1) is 22.0. The smallest absolute Gasteiger partial charge is 0.338 e. The van der Waals surface area contributed by atoms with E-state index in [9.17, 15) is 9.59 Å². The molecule has 0 saturated heterocycles. The normalized spacial score (nSPS) is 14.6. The predicted octanol–water partition coefficient (Wildman–Crippen LogP) is 7.35. The summed E-state index contributed by atoms with van der Waals surface area (Å²) < 4.78 is 26.7. The third-order valence-electron chi connectivity index (χ3n) is 7.00. The number of fused-ring (bicyclic) bond motifs is 1. The molecule has 1 aromatic heterocycles. The summed E-state index contributed by atoms with van der Waals surface area (Å²) >= 11 is 14.5. The van der Waals surface area contributed by atoms with Crippen molar-refractivity contribution in [2.75, 3.05) is 13.7 Å². The van der Waals surface area contributed by atoms with Gasteiger partial charge < -0.3 is 18.9 Å². The minimum absolute atomic E-state index is 0.0761. The Labute approximate surface area is 292 Å². The summed E-state index contributed by atoms with van der Waals surface area (Å²) in [5.74, 6) is 1.05. The summed E-state index contributed by atoms with van der Waals surface area (Å²) in [6, 6.07) is 15.7. The molecule has 0 aliphatic carbocycles. The molecule has 0 amide bonds. The van der Waals surface area contributed by atoms with Gasteiger partial charge in [-0.1, -0.05) is 57.1 Å². The van der Waals surface area contributed by atoms with E-state index in [1.165, 1.54) is 15.9 Å². The van der Waals surface area contributed by atoms with Crippen LogP contribution in [0.15, 0.2) is 84.6 Å². The molecule has 1 aliphatic rings. The molecule has 1 atom stereocenters. The topological polar surface area (TPSA) is 88.4 Å². The number of hydrogen-bond donors (Lipinski definition) is 0. The number of methoxy groups -OCH3 is 1. The van der Waals surface area contributed by atoms with Gasteiger partial charge in [-0.3, -0.25) is 9.36 Å². The Morgan fingerprint density at radius 3 is 2.52 bits per heavy atom. The molecular weight excluding hydrogens is 760 g/mol. The van der Waals surface area contributed by atoms with Gasteiger partial charge in [-0.15, -0.1) is 0 Å². The summed E-state index contributed by atoms with van der Waals surface area (Å²) in [4.78, 5) is 32.8. The second-order valence-corrected chi connectivity index (χ2v) is 13.8. The summed E-state index contributed by atoms with van der Waals surface area (Å²) in [6.07, 6.45) is 1.70. The number of thiazole rings is 1. The molecule has 0 spiro atoms. The number of ether oxygens (including phenoxy) is 4. The second kappa shape index (κ2) is 14.6. The number of allylic oxidation sites excluding steroid dienone is 1. The van der Waals surface area contributed by atoms with Gasteiger partial charge in [0, 0.05) is 15.1 Å². The fourth-order valence-electron chi connectivity index (χ4n) is 5.03. The first kappa shape index (κ1) is 34.0. The highest BCUT2D eigenvalue weighted by molar-refractivity contribution is 9.11. The van der Waals surface area contributed by atoms with Gasteiger partial charge in [0.2, 0.25) is 0 Å². The predicted molar refractivity (Wildman–Crippen MR) is 187 cm³/mol. The van der Waals surface area contributed by atoms with Gasteiger partial charge in [0.1, 0.15) is 12.4 Å². The fraction of sp³-hybridized carbons (Fsp3) is 0.265. The van der Waals surface area contributed by atoms with Crippen molar-refractivity contribution in [3.8, 4) is 17.2 Å². The molecule has 0 radical (unpaired) electrons. The number of carbonyl (C=O) groups is 1. The van der Waals surface area contributed by atoms with Gasteiger partial charge in [-0.05, 0) is 97.2 Å². The molecule has 0 bridgehead atoms. The van der Waals surface area contributed by atoms with E-state index in [-0.39, 0.29) is 23.8 Å². The van der Waals surface area contributed by atoms with Crippen LogP contribution in [0.5, 0.6) is 17.2 Å². The molecule has 0 fully saturated rings. The zero-order chi connectivity index (χ0) is 33.1. The van der Waals surface area contributed by atoms with Crippen molar-refractivity contribution in [1.82, 2.24) is 4.57 Å². The van der Waals surface area contributed by atoms with Gasteiger partial charge >= 0.3 is 5.97 Å². The van der Waals surface area contributed by atoms with E-state index in [4.69, 9.17) is 35.5 Å². The zero-order valence-corrected chi connectivity index (χ0v) is 30.5. The van der Waals surface area contributed by atoms with Gasteiger partial charge in [-0.2, -0.15) is 0 Å². The molecule has 3 aromatic carbocycles. The second-order valence-electron chi connectivity index (χ2n) is 10.6. The molecule has 46 heavy (non-hydrogen) atoms. The van der Waals surface area contributed by atoms with Crippen molar-refractivity contribution >= 4 is 66.8 Å². The van der Waals surface area contributed by atoms with Gasteiger partial charge in [0.15, 0.2) is 16.3 Å². The highest BCUT2D eigenvalue weighted by Gasteiger charge is 2.34. The molecule has 0 saturated carbocycles. The van der Waals surface area contributed by atoms with Crippen molar-refractivity contribution in [1.29, 1.82) is 0 Å². The van der Waals surface area contributed by atoms with Crippen LogP contribution < -0.4 is 29.1 Å². The molecule has 0 unspecified atom stereocenters. The van der Waals surface area contributed by atoms with E-state index in [0.29, 0.717) is 59.5 Å². The van der Waals surface area contributed by atoms with Crippen LogP contribution in [0.25, 0.3) is 6.08 Å². The number of aromatic nitrogens is 1. The van der Waals surface area contributed by atoms with Crippen LogP contribution >= 0.6 is 54.8 Å². The Balaban J connectivity index is 1.66. The maximum atomic E-state index is 14.3. The molecule has 8 nitrogen and oxygen atoms in total. The van der Waals surface area contributed by atoms with Crippen LogP contribution in [0.3, 0.4) is 0 Å². The summed E-state index contributed by atoms with van der Waals surface area (Å²) in [6.45, 7) is 7.80.